The summed E-state index contributed by atoms with van der Waals surface area (Å²) in [6.07, 6.45) is 1.90. The molecule has 0 fully saturated rings. The fourth-order valence-corrected chi connectivity index (χ4v) is 2.67. The van der Waals surface area contributed by atoms with Gasteiger partial charge in [-0.2, -0.15) is 5.26 Å². The summed E-state index contributed by atoms with van der Waals surface area (Å²) in [5, 5.41) is 9.77. The minimum Gasteiger partial charge on any atom is -0.484 e. The Morgan fingerprint density at radius 1 is 1.19 bits per heavy atom. The number of hydrogen-bond donors (Lipinski definition) is 0. The van der Waals surface area contributed by atoms with Crippen LogP contribution in [0.25, 0.3) is 0 Å². The molecule has 0 unspecified atom stereocenters. The van der Waals surface area contributed by atoms with Crippen molar-refractivity contribution in [1.82, 2.24) is 0 Å². The van der Waals surface area contributed by atoms with Crippen molar-refractivity contribution in [3.63, 3.8) is 0 Å². The Morgan fingerprint density at radius 3 is 2.62 bits per heavy atom. The molecule has 1 atom stereocenters. The number of nitriles is 1. The van der Waals surface area contributed by atoms with E-state index in [9.17, 15) is 5.26 Å². The second kappa shape index (κ2) is 8.26. The molecular weight excluding hydrogens is 397 g/mol. The molecule has 0 aliphatic rings. The summed E-state index contributed by atoms with van der Waals surface area (Å²) in [6, 6.07) is 17.3. The number of ether oxygens (including phenoxy) is 1. The van der Waals surface area contributed by atoms with Gasteiger partial charge in [0.25, 0.3) is 0 Å². The van der Waals surface area contributed by atoms with Gasteiger partial charge in [0.05, 0.1) is 5.56 Å². The van der Waals surface area contributed by atoms with Crippen molar-refractivity contribution in [3.8, 4) is 11.8 Å². The maximum Gasteiger partial charge on any atom is 0.139 e. The van der Waals surface area contributed by atoms with E-state index in [0.717, 1.165) is 22.8 Å². The largest absolute Gasteiger partial charge is 0.484 e. The normalized spacial score (nSPS) is 11.7. The van der Waals surface area contributed by atoms with Gasteiger partial charge in [0.1, 0.15) is 17.9 Å². The highest BCUT2D eigenvalue weighted by Crippen LogP contribution is 2.30. The first-order chi connectivity index (χ1) is 10.2. The number of rotatable bonds is 6. The highest BCUT2D eigenvalue weighted by Gasteiger charge is 2.15. The molecule has 2 rings (SSSR count). The zero-order valence-electron chi connectivity index (χ0n) is 11.4. The van der Waals surface area contributed by atoms with Crippen LogP contribution < -0.4 is 4.74 Å². The van der Waals surface area contributed by atoms with Crippen molar-refractivity contribution in [2.24, 2.45) is 0 Å². The van der Waals surface area contributed by atoms with E-state index in [2.05, 4.69) is 40.8 Å². The predicted octanol–water partition coefficient (Wildman–Crippen LogP) is 5.55. The Labute approximate surface area is 143 Å². The fourth-order valence-electron chi connectivity index (χ4n) is 2.06. The summed E-state index contributed by atoms with van der Waals surface area (Å²) in [5.41, 5.74) is 1.63. The first-order valence-corrected chi connectivity index (χ1v) is 8.62. The summed E-state index contributed by atoms with van der Waals surface area (Å²) < 4.78 is 7.17. The van der Waals surface area contributed by atoms with Gasteiger partial charge in [-0.05, 0) is 35.0 Å². The molecule has 0 saturated carbocycles. The number of hydrogen-bond acceptors (Lipinski definition) is 2. The van der Waals surface area contributed by atoms with Crippen LogP contribution in [-0.4, -0.2) is 4.43 Å². The average Bonchev–Trinajstić information content (AvgIpc) is 2.52. The van der Waals surface area contributed by atoms with Gasteiger partial charge >= 0.3 is 0 Å². The molecule has 0 saturated heterocycles. The zero-order valence-corrected chi connectivity index (χ0v) is 14.3. The molecule has 0 N–H and O–H groups in total. The smallest absolute Gasteiger partial charge is 0.139 e. The van der Waals surface area contributed by atoms with Gasteiger partial charge in [0.2, 0.25) is 0 Å². The van der Waals surface area contributed by atoms with Gasteiger partial charge in [-0.25, -0.2) is 0 Å². The van der Waals surface area contributed by atoms with Crippen molar-refractivity contribution < 1.29 is 4.74 Å². The van der Waals surface area contributed by atoms with Crippen LogP contribution in [0.5, 0.6) is 5.75 Å². The Morgan fingerprint density at radius 2 is 1.95 bits per heavy atom. The minimum atomic E-state index is -0.0634. The van der Waals surface area contributed by atoms with E-state index in [1.54, 1.807) is 18.2 Å². The van der Waals surface area contributed by atoms with E-state index >= 15 is 0 Å². The van der Waals surface area contributed by atoms with Crippen LogP contribution in [0.4, 0.5) is 0 Å². The second-order valence-electron chi connectivity index (χ2n) is 4.60. The van der Waals surface area contributed by atoms with E-state index in [4.69, 9.17) is 16.3 Å². The predicted molar refractivity (Wildman–Crippen MR) is 94.1 cm³/mol. The topological polar surface area (TPSA) is 33.0 Å². The van der Waals surface area contributed by atoms with Crippen LogP contribution in [0.15, 0.2) is 48.5 Å². The van der Waals surface area contributed by atoms with Crippen molar-refractivity contribution in [3.05, 3.63) is 64.7 Å². The molecule has 0 radical (unpaired) electrons. The molecule has 0 bridgehead atoms. The first kappa shape index (κ1) is 16.1. The summed E-state index contributed by atoms with van der Waals surface area (Å²) in [5.74, 6) is 0.548. The van der Waals surface area contributed by atoms with Crippen molar-refractivity contribution in [2.75, 3.05) is 4.43 Å². The van der Waals surface area contributed by atoms with Gasteiger partial charge in [-0.15, -0.1) is 0 Å². The molecule has 0 amide bonds. The molecule has 0 aromatic heterocycles. The van der Waals surface area contributed by atoms with E-state index in [1.807, 2.05) is 18.2 Å². The van der Waals surface area contributed by atoms with Crippen molar-refractivity contribution in [1.29, 1.82) is 5.26 Å². The average molecular weight is 412 g/mol. The summed E-state index contributed by atoms with van der Waals surface area (Å²) >= 11 is 8.38. The Bertz CT molecular complexity index is 624. The van der Waals surface area contributed by atoms with E-state index in [1.165, 1.54) is 0 Å². The van der Waals surface area contributed by atoms with E-state index in [-0.39, 0.29) is 6.10 Å². The fraction of sp³-hybridized carbons (Fsp3) is 0.235. The lowest BCUT2D eigenvalue weighted by Gasteiger charge is -2.20. The highest BCUT2D eigenvalue weighted by molar-refractivity contribution is 14.1. The highest BCUT2D eigenvalue weighted by atomic mass is 127. The van der Waals surface area contributed by atoms with Gasteiger partial charge in [0.15, 0.2) is 0 Å². The van der Waals surface area contributed by atoms with Crippen LogP contribution in [0.2, 0.25) is 5.02 Å². The van der Waals surface area contributed by atoms with Crippen molar-refractivity contribution in [2.45, 2.75) is 18.9 Å². The van der Waals surface area contributed by atoms with E-state index in [0.29, 0.717) is 16.3 Å². The number of halogens is 2. The lowest BCUT2D eigenvalue weighted by Crippen LogP contribution is -2.09. The summed E-state index contributed by atoms with van der Waals surface area (Å²) in [4.78, 5) is 0. The molecule has 0 heterocycles. The van der Waals surface area contributed by atoms with E-state index < -0.39 is 0 Å². The molecule has 4 heteroatoms. The second-order valence-corrected chi connectivity index (χ2v) is 6.12. The third kappa shape index (κ3) is 4.62. The van der Waals surface area contributed by atoms with Crippen LogP contribution in [0, 0.1) is 11.3 Å². The standard InChI is InChI=1S/C17H15ClINO/c18-15-9-8-14(12-20)17(11-15)21-16(7-4-10-19)13-5-2-1-3-6-13/h1-3,5-6,8-9,11,16H,4,7,10H2/t16-/m1/s1. The molecule has 0 aliphatic carbocycles. The molecule has 2 nitrogen and oxygen atoms in total. The lowest BCUT2D eigenvalue weighted by molar-refractivity contribution is 0.194. The van der Waals surface area contributed by atoms with Gasteiger partial charge in [-0.1, -0.05) is 64.5 Å². The molecule has 0 spiro atoms. The monoisotopic (exact) mass is 411 g/mol. The van der Waals surface area contributed by atoms with Gasteiger partial charge < -0.3 is 4.74 Å². The molecule has 2 aromatic rings. The lowest BCUT2D eigenvalue weighted by atomic mass is 10.0. The maximum absolute atomic E-state index is 9.19. The van der Waals surface area contributed by atoms with Crippen LogP contribution >= 0.6 is 34.2 Å². The quantitative estimate of drug-likeness (QED) is 0.461. The third-order valence-corrected chi connectivity index (χ3v) is 4.10. The molecule has 108 valence electrons. The van der Waals surface area contributed by atoms with Crippen LogP contribution in [0.3, 0.4) is 0 Å². The molecule has 21 heavy (non-hydrogen) atoms. The minimum absolute atomic E-state index is 0.0634. The Hall–Kier alpha value is -1.25. The van der Waals surface area contributed by atoms with Crippen LogP contribution in [0.1, 0.15) is 30.1 Å². The van der Waals surface area contributed by atoms with Crippen LogP contribution in [-0.2, 0) is 0 Å². The summed E-state index contributed by atoms with van der Waals surface area (Å²) in [6.45, 7) is 0. The van der Waals surface area contributed by atoms with Gasteiger partial charge in [0, 0.05) is 11.1 Å². The Kier molecular flexibility index (Phi) is 6.34. The molecule has 0 aliphatic heterocycles. The number of alkyl halides is 1. The summed E-state index contributed by atoms with van der Waals surface area (Å²) in [7, 11) is 0. The first-order valence-electron chi connectivity index (χ1n) is 6.72. The molecule has 2 aromatic carbocycles. The maximum atomic E-state index is 9.19. The number of nitrogens with zero attached hydrogens (tertiary/aromatic N) is 1. The Balaban J connectivity index is 2.27. The third-order valence-electron chi connectivity index (χ3n) is 3.10. The molecular formula is C17H15ClINO. The zero-order chi connectivity index (χ0) is 15.1. The SMILES string of the molecule is N#Cc1ccc(Cl)cc1O[C@H](CCCI)c1ccccc1. The van der Waals surface area contributed by atoms with Crippen molar-refractivity contribution >= 4 is 34.2 Å². The van der Waals surface area contributed by atoms with Gasteiger partial charge in [-0.3, -0.25) is 0 Å². The number of benzene rings is 2.